The van der Waals surface area contributed by atoms with E-state index >= 15 is 0 Å². The largest absolute Gasteiger partial charge is 2.00 e. The van der Waals surface area contributed by atoms with Crippen LogP contribution >= 0.6 is 15.6 Å². The van der Waals surface area contributed by atoms with Crippen LogP contribution in [0, 0.1) is 0 Å². The van der Waals surface area contributed by atoms with Gasteiger partial charge in [0.1, 0.15) is 0 Å². The molecule has 0 aliphatic rings. The minimum absolute atomic E-state index is 0. The summed E-state index contributed by atoms with van der Waals surface area (Å²) in [6, 6.07) is 0. The number of hydrogen-bond donors (Lipinski definition) is 0. The van der Waals surface area contributed by atoms with Gasteiger partial charge in [0, 0.05) is 0 Å². The van der Waals surface area contributed by atoms with E-state index in [1.165, 1.54) is 0 Å². The zero-order chi connectivity index (χ0) is 9.00. The van der Waals surface area contributed by atoms with Crippen molar-refractivity contribution in [3.63, 3.8) is 0 Å². The molecule has 0 bridgehead atoms. The fraction of sp³-hybridized carbons (Fsp3) is 0. The van der Waals surface area contributed by atoms with Crippen LogP contribution in [0.2, 0.25) is 0 Å². The average Bonchev–Trinajstić information content (AvgIpc) is 1.12. The maximum atomic E-state index is 8.55. The molecule has 0 saturated carbocycles. The first-order valence-corrected chi connectivity index (χ1v) is 4.38. The first kappa shape index (κ1) is 29.6. The Morgan fingerprint density at radius 2 is 0.615 bits per heavy atom. The van der Waals surface area contributed by atoms with Crippen molar-refractivity contribution in [2.75, 3.05) is 0 Å². The molecule has 0 aromatic rings. The fourth-order valence-electron chi connectivity index (χ4n) is 0. The normalized spacial score (nSPS) is 9.08. The fourth-order valence-corrected chi connectivity index (χ4v) is 0. The molecular formula is CaO8P2Zn2. The third kappa shape index (κ3) is 321. The Hall–Kier alpha value is 2.73. The zero-order valence-corrected chi connectivity index (χ0v) is 16.2. The standard InChI is InChI=1S/Ca.2H3O4P.2Zn/c;2*1-5(2,3)4;;/h;2*(H3,1,2,3,4);;/q+2;;;2*+2/p-6. The van der Waals surface area contributed by atoms with E-state index in [1.54, 1.807) is 0 Å². The molecule has 13 heavy (non-hydrogen) atoms. The summed E-state index contributed by atoms with van der Waals surface area (Å²) in [4.78, 5) is 51.3. The van der Waals surface area contributed by atoms with Crippen molar-refractivity contribution >= 4 is 53.4 Å². The number of rotatable bonds is 0. The summed E-state index contributed by atoms with van der Waals surface area (Å²) >= 11 is 0. The third-order valence-corrected chi connectivity index (χ3v) is 0. The van der Waals surface area contributed by atoms with Crippen LogP contribution in [-0.4, -0.2) is 37.7 Å². The first-order chi connectivity index (χ1) is 4.00. The molecule has 0 amide bonds. The second-order valence-corrected chi connectivity index (χ2v) is 2.68. The Bertz CT molecular complexity index is 132. The maximum absolute atomic E-state index is 8.55. The van der Waals surface area contributed by atoms with Crippen LogP contribution in [0.4, 0.5) is 0 Å². The molecule has 0 saturated heterocycles. The predicted octanol–water partition coefficient (Wildman–Crippen LogP) is -6.04. The van der Waals surface area contributed by atoms with E-state index in [1.807, 2.05) is 0 Å². The second kappa shape index (κ2) is 12.8. The number of phosphoric acid groups is 2. The van der Waals surface area contributed by atoms with E-state index < -0.39 is 15.6 Å². The van der Waals surface area contributed by atoms with Gasteiger partial charge in [-0.15, -0.1) is 0 Å². The summed E-state index contributed by atoms with van der Waals surface area (Å²) in [6.45, 7) is 0. The van der Waals surface area contributed by atoms with Crippen LogP contribution in [-0.2, 0) is 48.1 Å². The molecule has 0 aromatic carbocycles. The molecule has 0 aliphatic heterocycles. The average molecular weight is 361 g/mol. The Labute approximate surface area is 129 Å². The van der Waals surface area contributed by atoms with E-state index in [0.717, 1.165) is 0 Å². The van der Waals surface area contributed by atoms with Crippen LogP contribution in [0.15, 0.2) is 0 Å². The second-order valence-electron chi connectivity index (χ2n) is 0.894. The summed E-state index contributed by atoms with van der Waals surface area (Å²) in [7, 11) is -10.8. The van der Waals surface area contributed by atoms with Gasteiger partial charge in [-0.1, -0.05) is 0 Å². The summed E-state index contributed by atoms with van der Waals surface area (Å²) in [5.74, 6) is 0. The van der Waals surface area contributed by atoms with Gasteiger partial charge in [0.05, 0.1) is 0 Å². The Balaban J connectivity index is -0.0000000267. The molecule has 0 fully saturated rings. The molecule has 0 N–H and O–H groups in total. The van der Waals surface area contributed by atoms with E-state index in [4.69, 9.17) is 38.5 Å². The molecule has 13 heteroatoms. The summed E-state index contributed by atoms with van der Waals surface area (Å²) < 4.78 is 17.1. The molecule has 0 radical (unpaired) electrons. The zero-order valence-electron chi connectivity index (χ0n) is 6.28. The predicted molar refractivity (Wildman–Crippen MR) is 21.0 cm³/mol. The summed E-state index contributed by atoms with van der Waals surface area (Å²) in [6.07, 6.45) is 0. The quantitative estimate of drug-likeness (QED) is 0.303. The van der Waals surface area contributed by atoms with E-state index in [9.17, 15) is 0 Å². The molecule has 0 rings (SSSR count). The monoisotopic (exact) mass is 358 g/mol. The van der Waals surface area contributed by atoms with E-state index in [-0.39, 0.29) is 76.7 Å². The van der Waals surface area contributed by atoms with E-state index in [0.29, 0.717) is 0 Å². The van der Waals surface area contributed by atoms with Gasteiger partial charge in [0.25, 0.3) is 0 Å². The van der Waals surface area contributed by atoms with Gasteiger partial charge < -0.3 is 38.5 Å². The van der Waals surface area contributed by atoms with Crippen molar-refractivity contribution in [1.82, 2.24) is 0 Å². The van der Waals surface area contributed by atoms with E-state index in [2.05, 4.69) is 0 Å². The van der Waals surface area contributed by atoms with Crippen molar-refractivity contribution in [3.05, 3.63) is 0 Å². The van der Waals surface area contributed by atoms with Gasteiger partial charge in [-0.2, -0.15) is 15.6 Å². The molecule has 0 aromatic heterocycles. The van der Waals surface area contributed by atoms with Crippen molar-refractivity contribution in [2.24, 2.45) is 0 Å². The molecule has 0 heterocycles. The maximum Gasteiger partial charge on any atom is 2.00 e. The Morgan fingerprint density at radius 1 is 0.615 bits per heavy atom. The minimum Gasteiger partial charge on any atom is -0.822 e. The number of hydrogen-bond acceptors (Lipinski definition) is 8. The Kier molecular flexibility index (Phi) is 29.2. The van der Waals surface area contributed by atoms with Gasteiger partial charge in [-0.25, -0.2) is 0 Å². The van der Waals surface area contributed by atoms with Crippen LogP contribution in [0.5, 0.6) is 0 Å². The van der Waals surface area contributed by atoms with Crippen LogP contribution in [0.25, 0.3) is 0 Å². The molecular weight excluding hydrogens is 361 g/mol. The topological polar surface area (TPSA) is 172 Å². The van der Waals surface area contributed by atoms with Crippen molar-refractivity contribution in [1.29, 1.82) is 0 Å². The Morgan fingerprint density at radius 3 is 0.615 bits per heavy atom. The third-order valence-electron chi connectivity index (χ3n) is 0. The van der Waals surface area contributed by atoms with Crippen molar-refractivity contribution in [2.45, 2.75) is 0 Å². The molecule has 64 valence electrons. The summed E-state index contributed by atoms with van der Waals surface area (Å²) in [5.41, 5.74) is 0. The van der Waals surface area contributed by atoms with Gasteiger partial charge in [-0.3, -0.25) is 0 Å². The van der Waals surface area contributed by atoms with Crippen LogP contribution < -0.4 is 29.4 Å². The molecule has 8 nitrogen and oxygen atoms in total. The molecule has 0 atom stereocenters. The van der Waals surface area contributed by atoms with Gasteiger partial charge in [-0.05, 0) is 0 Å². The van der Waals surface area contributed by atoms with Crippen LogP contribution in [0.1, 0.15) is 0 Å². The summed E-state index contributed by atoms with van der Waals surface area (Å²) in [5, 5.41) is 0. The van der Waals surface area contributed by atoms with Gasteiger partial charge in [0.15, 0.2) is 0 Å². The minimum atomic E-state index is -5.39. The van der Waals surface area contributed by atoms with Gasteiger partial charge in [0.2, 0.25) is 0 Å². The molecule has 0 aliphatic carbocycles. The van der Waals surface area contributed by atoms with Crippen LogP contribution in [0.3, 0.4) is 0 Å². The van der Waals surface area contributed by atoms with Crippen molar-refractivity contribution in [3.8, 4) is 0 Å². The first-order valence-electron chi connectivity index (χ1n) is 1.46. The molecule has 0 unspecified atom stereocenters. The smallest absolute Gasteiger partial charge is 0.822 e. The molecule has 0 spiro atoms. The van der Waals surface area contributed by atoms with Gasteiger partial charge >= 0.3 is 76.7 Å². The SMILES string of the molecule is O=P([O-])([O-])[O-].O=P([O-])([O-])[O-].[Ca+2].[Zn+2].[Zn+2]. The van der Waals surface area contributed by atoms with Crippen molar-refractivity contribution < 1.29 is 77.4 Å².